The molecule has 0 radical (unpaired) electrons. The van der Waals surface area contributed by atoms with Gasteiger partial charge in [-0.2, -0.15) is 0 Å². The number of aromatic nitrogens is 1. The lowest BCUT2D eigenvalue weighted by atomic mass is 10.1. The summed E-state index contributed by atoms with van der Waals surface area (Å²) in [6, 6.07) is 16.2. The van der Waals surface area contributed by atoms with Gasteiger partial charge >= 0.3 is 0 Å². The van der Waals surface area contributed by atoms with Crippen LogP contribution in [0.15, 0.2) is 91.1 Å². The molecule has 0 saturated heterocycles. The van der Waals surface area contributed by atoms with Gasteiger partial charge in [0.15, 0.2) is 0 Å². The van der Waals surface area contributed by atoms with Crippen LogP contribution in [-0.2, 0) is 0 Å². The van der Waals surface area contributed by atoms with Gasteiger partial charge in [-0.25, -0.2) is 4.98 Å². The lowest BCUT2D eigenvalue weighted by molar-refractivity contribution is 1.29. The molecule has 2 nitrogen and oxygen atoms in total. The molecular weight excluding hydrogens is 328 g/mol. The summed E-state index contributed by atoms with van der Waals surface area (Å²) in [6.45, 7) is 18.0. The zero-order valence-electron chi connectivity index (χ0n) is 17.9. The summed E-state index contributed by atoms with van der Waals surface area (Å²) < 4.78 is 0. The summed E-state index contributed by atoms with van der Waals surface area (Å²) in [5, 5.41) is 0. The number of pyridine rings is 1. The third kappa shape index (κ3) is 10.1. The number of nitrogens with zero attached hydrogens (tertiary/aromatic N) is 2. The molecule has 2 heterocycles. The van der Waals surface area contributed by atoms with E-state index in [1.165, 1.54) is 0 Å². The number of hydrogen-bond donors (Lipinski definition) is 0. The van der Waals surface area contributed by atoms with Crippen molar-refractivity contribution in [3.63, 3.8) is 0 Å². The van der Waals surface area contributed by atoms with E-state index in [4.69, 9.17) is 4.98 Å². The Morgan fingerprint density at radius 3 is 1.93 bits per heavy atom. The molecule has 3 rings (SSSR count). The van der Waals surface area contributed by atoms with E-state index in [9.17, 15) is 0 Å². The lowest BCUT2D eigenvalue weighted by Gasteiger charge is -2.04. The van der Waals surface area contributed by atoms with Crippen molar-refractivity contribution in [2.45, 2.75) is 48.0 Å². The van der Waals surface area contributed by atoms with Crippen LogP contribution in [0.5, 0.6) is 0 Å². The molecule has 2 aromatic rings. The van der Waals surface area contributed by atoms with Gasteiger partial charge in [-0.3, -0.25) is 4.99 Å². The average Bonchev–Trinajstić information content (AvgIpc) is 3.10. The fourth-order valence-corrected chi connectivity index (χ4v) is 1.99. The Morgan fingerprint density at radius 2 is 1.30 bits per heavy atom. The molecule has 1 aliphatic heterocycles. The molecule has 2 heteroatoms. The highest BCUT2D eigenvalue weighted by atomic mass is 14.8. The van der Waals surface area contributed by atoms with Gasteiger partial charge in [-0.05, 0) is 24.6 Å². The summed E-state index contributed by atoms with van der Waals surface area (Å²) in [4.78, 5) is 9.11. The topological polar surface area (TPSA) is 25.2 Å². The predicted molar refractivity (Wildman–Crippen MR) is 124 cm³/mol. The van der Waals surface area contributed by atoms with Crippen molar-refractivity contribution in [2.24, 2.45) is 4.99 Å². The van der Waals surface area contributed by atoms with Gasteiger partial charge in [0.25, 0.3) is 0 Å². The van der Waals surface area contributed by atoms with Crippen molar-refractivity contribution in [2.75, 3.05) is 0 Å². The molecule has 27 heavy (non-hydrogen) atoms. The van der Waals surface area contributed by atoms with Gasteiger partial charge in [-0.1, -0.05) is 90.1 Å². The number of benzene rings is 1. The molecule has 1 aromatic carbocycles. The van der Waals surface area contributed by atoms with Gasteiger partial charge in [0, 0.05) is 11.8 Å². The Bertz CT molecular complexity index is 668. The van der Waals surface area contributed by atoms with E-state index in [1.54, 1.807) is 0 Å². The first-order chi connectivity index (χ1) is 13.4. The standard InChI is InChI=1S/C17H14N2.3C2H6.C2H4/c1-3-8-14(9-4-1)15-11-7-12-17(19-15)16-10-5-2-6-13-18-16;4*1-2/h1,3-13H,2H2;3*1-2H3;1-2H2. The van der Waals surface area contributed by atoms with Gasteiger partial charge < -0.3 is 0 Å². The Balaban J connectivity index is 0. The minimum atomic E-state index is 0.907. The summed E-state index contributed by atoms with van der Waals surface area (Å²) in [6.07, 6.45) is 8.92. The van der Waals surface area contributed by atoms with Crippen LogP contribution in [0.25, 0.3) is 11.3 Å². The highest BCUT2D eigenvalue weighted by molar-refractivity contribution is 6.08. The third-order valence-corrected chi connectivity index (χ3v) is 2.95. The number of rotatable bonds is 2. The quantitative estimate of drug-likeness (QED) is 0.497. The molecule has 0 aliphatic carbocycles. The van der Waals surface area contributed by atoms with E-state index in [1.807, 2.05) is 96.3 Å². The van der Waals surface area contributed by atoms with E-state index in [0.29, 0.717) is 0 Å². The minimum Gasteiger partial charge on any atom is -0.255 e. The van der Waals surface area contributed by atoms with Crippen LogP contribution in [0.4, 0.5) is 0 Å². The maximum absolute atomic E-state index is 4.69. The van der Waals surface area contributed by atoms with E-state index < -0.39 is 0 Å². The third-order valence-electron chi connectivity index (χ3n) is 2.95. The fraction of sp³-hybridized carbons (Fsp3) is 0.280. The molecule has 0 unspecified atom stereocenters. The summed E-state index contributed by atoms with van der Waals surface area (Å²) >= 11 is 0. The molecular formula is C25H36N2. The first-order valence-electron chi connectivity index (χ1n) is 9.86. The molecule has 146 valence electrons. The molecule has 0 saturated carbocycles. The van der Waals surface area contributed by atoms with Crippen LogP contribution in [-0.4, -0.2) is 10.7 Å². The molecule has 0 bridgehead atoms. The number of aliphatic imine (C=N–C) groups is 1. The summed E-state index contributed by atoms with van der Waals surface area (Å²) in [5.41, 5.74) is 3.91. The Labute approximate surface area is 167 Å². The van der Waals surface area contributed by atoms with E-state index in [0.717, 1.165) is 29.1 Å². The molecule has 0 spiro atoms. The maximum Gasteiger partial charge on any atom is 0.0893 e. The van der Waals surface area contributed by atoms with Crippen LogP contribution >= 0.6 is 0 Å². The second-order valence-corrected chi connectivity index (χ2v) is 4.31. The summed E-state index contributed by atoms with van der Waals surface area (Å²) in [7, 11) is 0. The second kappa shape index (κ2) is 19.6. The van der Waals surface area contributed by atoms with Gasteiger partial charge in [0.05, 0.1) is 17.1 Å². The van der Waals surface area contributed by atoms with E-state index in [-0.39, 0.29) is 0 Å². The van der Waals surface area contributed by atoms with Crippen LogP contribution in [0.1, 0.15) is 53.7 Å². The van der Waals surface area contributed by atoms with Crippen molar-refractivity contribution >= 4 is 5.71 Å². The first kappa shape index (κ1) is 26.5. The molecule has 0 N–H and O–H groups in total. The molecule has 0 fully saturated rings. The van der Waals surface area contributed by atoms with Crippen LogP contribution < -0.4 is 0 Å². The van der Waals surface area contributed by atoms with E-state index in [2.05, 4.69) is 36.4 Å². The maximum atomic E-state index is 4.69. The molecule has 1 aromatic heterocycles. The molecule has 1 aliphatic rings. The van der Waals surface area contributed by atoms with Crippen molar-refractivity contribution in [3.8, 4) is 11.3 Å². The zero-order valence-corrected chi connectivity index (χ0v) is 17.9. The lowest BCUT2D eigenvalue weighted by Crippen LogP contribution is -2.00. The van der Waals surface area contributed by atoms with Crippen LogP contribution in [0, 0.1) is 0 Å². The Kier molecular flexibility index (Phi) is 19.2. The summed E-state index contributed by atoms with van der Waals surface area (Å²) in [5.74, 6) is 0. The second-order valence-electron chi connectivity index (χ2n) is 4.31. The van der Waals surface area contributed by atoms with E-state index >= 15 is 0 Å². The molecule has 0 amide bonds. The number of hydrogen-bond acceptors (Lipinski definition) is 2. The van der Waals surface area contributed by atoms with Crippen LogP contribution in [0.2, 0.25) is 0 Å². The Hall–Kier alpha value is -2.74. The normalized spacial score (nSPS) is 10.7. The highest BCUT2D eigenvalue weighted by Gasteiger charge is 2.04. The largest absolute Gasteiger partial charge is 0.255 e. The highest BCUT2D eigenvalue weighted by Crippen LogP contribution is 2.17. The van der Waals surface area contributed by atoms with Crippen LogP contribution in [0.3, 0.4) is 0 Å². The van der Waals surface area contributed by atoms with Crippen molar-refractivity contribution < 1.29 is 0 Å². The Morgan fingerprint density at radius 1 is 0.704 bits per heavy atom. The first-order valence-corrected chi connectivity index (χ1v) is 9.86. The molecule has 0 atom stereocenters. The number of allylic oxidation sites excluding steroid dienone is 3. The minimum absolute atomic E-state index is 0.907. The van der Waals surface area contributed by atoms with Crippen molar-refractivity contribution in [3.05, 3.63) is 91.8 Å². The van der Waals surface area contributed by atoms with Gasteiger partial charge in [-0.15, -0.1) is 13.2 Å². The fourth-order valence-electron chi connectivity index (χ4n) is 1.99. The van der Waals surface area contributed by atoms with Gasteiger partial charge in [0.2, 0.25) is 0 Å². The monoisotopic (exact) mass is 364 g/mol. The van der Waals surface area contributed by atoms with Crippen molar-refractivity contribution in [1.29, 1.82) is 0 Å². The van der Waals surface area contributed by atoms with Crippen molar-refractivity contribution in [1.82, 2.24) is 4.98 Å². The zero-order chi connectivity index (χ0) is 20.9. The smallest absolute Gasteiger partial charge is 0.0893 e. The average molecular weight is 365 g/mol. The SMILES string of the molecule is C1=CN=C(c2cccc(-c3ccccc3)n2)C=CC1.C=C.CC.CC.CC. The predicted octanol–water partition coefficient (Wildman–Crippen LogP) is 7.89. The van der Waals surface area contributed by atoms with Gasteiger partial charge in [0.1, 0.15) is 0 Å².